The Balaban J connectivity index is 1.56. The molecule has 0 aliphatic carbocycles. The molecule has 0 N–H and O–H groups in total. The summed E-state index contributed by atoms with van der Waals surface area (Å²) in [6.45, 7) is 8.46. The largest absolute Gasteiger partial charge is 0.494 e. The van der Waals surface area contributed by atoms with Crippen molar-refractivity contribution in [3.8, 4) is 11.5 Å². The molecule has 1 fully saturated rings. The zero-order valence-electron chi connectivity index (χ0n) is 18.2. The topological polar surface area (TPSA) is 18.5 Å². The second-order valence-corrected chi connectivity index (χ2v) is 8.45. The maximum Gasteiger partial charge on any atom is 0.137 e. The molecule has 1 aliphatic heterocycles. The zero-order chi connectivity index (χ0) is 20.2. The Kier molecular flexibility index (Phi) is 8.88. The molecular weight excluding hydrogens is 358 g/mol. The minimum atomic E-state index is 0.767. The molecule has 29 heavy (non-hydrogen) atoms. The van der Waals surface area contributed by atoms with Gasteiger partial charge in [0.15, 0.2) is 0 Å². The number of quaternary nitrogens is 1. The first-order valence-corrected chi connectivity index (χ1v) is 11.5. The van der Waals surface area contributed by atoms with Crippen molar-refractivity contribution in [1.82, 2.24) is 0 Å². The van der Waals surface area contributed by atoms with Gasteiger partial charge in [0, 0.05) is 5.56 Å². The number of ether oxygens (including phenoxy) is 2. The van der Waals surface area contributed by atoms with Gasteiger partial charge in [-0.1, -0.05) is 50.1 Å². The van der Waals surface area contributed by atoms with Gasteiger partial charge >= 0.3 is 0 Å². The summed E-state index contributed by atoms with van der Waals surface area (Å²) in [5.41, 5.74) is 1.45. The maximum atomic E-state index is 6.15. The van der Waals surface area contributed by atoms with E-state index in [-0.39, 0.29) is 0 Å². The molecule has 1 aliphatic rings. The predicted octanol–water partition coefficient (Wildman–Crippen LogP) is 6.23. The van der Waals surface area contributed by atoms with Crippen LogP contribution in [0.25, 0.3) is 0 Å². The molecule has 0 radical (unpaired) electrons. The zero-order valence-corrected chi connectivity index (χ0v) is 18.2. The molecule has 2 aromatic carbocycles. The van der Waals surface area contributed by atoms with Gasteiger partial charge in [-0.05, 0) is 56.4 Å². The molecule has 3 rings (SSSR count). The average Bonchev–Trinajstić information content (AvgIpc) is 2.73. The van der Waals surface area contributed by atoms with Crippen molar-refractivity contribution in [3.63, 3.8) is 0 Å². The van der Waals surface area contributed by atoms with Gasteiger partial charge in [0.1, 0.15) is 31.2 Å². The van der Waals surface area contributed by atoms with Crippen LogP contribution in [0.1, 0.15) is 57.4 Å². The third-order valence-corrected chi connectivity index (χ3v) is 6.05. The highest BCUT2D eigenvalue weighted by molar-refractivity contribution is 5.31. The third-order valence-electron chi connectivity index (χ3n) is 6.05. The van der Waals surface area contributed by atoms with Crippen LogP contribution >= 0.6 is 0 Å². The number of unbranched alkanes of at least 4 members (excludes halogenated alkanes) is 1. The first-order valence-electron chi connectivity index (χ1n) is 11.5. The molecule has 0 amide bonds. The first-order chi connectivity index (χ1) is 14.3. The van der Waals surface area contributed by atoms with Gasteiger partial charge in [-0.25, -0.2) is 0 Å². The Morgan fingerprint density at radius 1 is 0.724 bits per heavy atom. The molecule has 0 spiro atoms. The van der Waals surface area contributed by atoms with Crippen molar-refractivity contribution in [3.05, 3.63) is 60.2 Å². The van der Waals surface area contributed by atoms with E-state index in [2.05, 4.69) is 37.3 Å². The molecule has 0 unspecified atom stereocenters. The van der Waals surface area contributed by atoms with Gasteiger partial charge in [0.05, 0.1) is 19.7 Å². The summed E-state index contributed by atoms with van der Waals surface area (Å²) in [5, 5.41) is 0. The Morgan fingerprint density at radius 2 is 1.31 bits per heavy atom. The monoisotopic (exact) mass is 396 g/mol. The summed E-state index contributed by atoms with van der Waals surface area (Å²) < 4.78 is 13.1. The molecule has 1 saturated heterocycles. The van der Waals surface area contributed by atoms with Gasteiger partial charge in [0.25, 0.3) is 0 Å². The van der Waals surface area contributed by atoms with Crippen LogP contribution in [0, 0.1) is 0 Å². The number of benzene rings is 2. The van der Waals surface area contributed by atoms with E-state index in [9.17, 15) is 0 Å². The SMILES string of the molecule is CCCCOc1ccc(OCC[N+]2(Cc3ccccc3)CCCCCCC2)cc1. The summed E-state index contributed by atoms with van der Waals surface area (Å²) in [6, 6.07) is 19.1. The highest BCUT2D eigenvalue weighted by Crippen LogP contribution is 2.23. The van der Waals surface area contributed by atoms with Crippen molar-refractivity contribution in [2.45, 2.75) is 58.4 Å². The van der Waals surface area contributed by atoms with Crippen LogP contribution in [0.4, 0.5) is 0 Å². The van der Waals surface area contributed by atoms with Gasteiger partial charge < -0.3 is 14.0 Å². The molecule has 2 aromatic rings. The van der Waals surface area contributed by atoms with E-state index < -0.39 is 0 Å². The van der Waals surface area contributed by atoms with E-state index in [1.165, 1.54) is 50.8 Å². The molecule has 158 valence electrons. The number of rotatable bonds is 10. The summed E-state index contributed by atoms with van der Waals surface area (Å²) in [6.07, 6.45) is 9.05. The number of nitrogens with zero attached hydrogens (tertiary/aromatic N) is 1. The third kappa shape index (κ3) is 7.40. The van der Waals surface area contributed by atoms with Gasteiger partial charge in [0.2, 0.25) is 0 Å². The molecule has 0 atom stereocenters. The van der Waals surface area contributed by atoms with Crippen molar-refractivity contribution < 1.29 is 14.0 Å². The lowest BCUT2D eigenvalue weighted by atomic mass is 10.0. The van der Waals surface area contributed by atoms with Crippen LogP contribution in [0.2, 0.25) is 0 Å². The molecule has 1 heterocycles. The Hall–Kier alpha value is -2.00. The summed E-state index contributed by atoms with van der Waals surface area (Å²) in [4.78, 5) is 0. The first kappa shape index (κ1) is 21.7. The minimum Gasteiger partial charge on any atom is -0.494 e. The fourth-order valence-corrected chi connectivity index (χ4v) is 4.29. The normalized spacial score (nSPS) is 16.6. The van der Waals surface area contributed by atoms with Crippen molar-refractivity contribution in [2.75, 3.05) is 32.8 Å². The van der Waals surface area contributed by atoms with E-state index in [0.717, 1.165) is 55.1 Å². The lowest BCUT2D eigenvalue weighted by Gasteiger charge is -2.40. The van der Waals surface area contributed by atoms with Crippen LogP contribution < -0.4 is 9.47 Å². The van der Waals surface area contributed by atoms with E-state index >= 15 is 0 Å². The maximum absolute atomic E-state index is 6.15. The van der Waals surface area contributed by atoms with E-state index in [0.29, 0.717) is 0 Å². The molecule has 0 saturated carbocycles. The number of likely N-dealkylation sites (tertiary alicyclic amines) is 1. The van der Waals surface area contributed by atoms with Crippen molar-refractivity contribution in [2.24, 2.45) is 0 Å². The fourth-order valence-electron chi connectivity index (χ4n) is 4.29. The molecule has 3 nitrogen and oxygen atoms in total. The highest BCUT2D eigenvalue weighted by Gasteiger charge is 2.28. The van der Waals surface area contributed by atoms with Crippen LogP contribution in [-0.4, -0.2) is 37.3 Å². The highest BCUT2D eigenvalue weighted by atomic mass is 16.5. The quantitative estimate of drug-likeness (QED) is 0.350. The summed E-state index contributed by atoms with van der Waals surface area (Å²) >= 11 is 0. The van der Waals surface area contributed by atoms with Crippen LogP contribution in [-0.2, 0) is 6.54 Å². The molecular formula is C26H38NO2+. The predicted molar refractivity (Wildman–Crippen MR) is 120 cm³/mol. The molecule has 0 aromatic heterocycles. The number of hydrogen-bond donors (Lipinski definition) is 0. The molecule has 3 heteroatoms. The fraction of sp³-hybridized carbons (Fsp3) is 0.538. The van der Waals surface area contributed by atoms with Crippen LogP contribution in [0.3, 0.4) is 0 Å². The lowest BCUT2D eigenvalue weighted by Crippen LogP contribution is -2.51. The van der Waals surface area contributed by atoms with E-state index in [1.54, 1.807) is 0 Å². The van der Waals surface area contributed by atoms with Crippen LogP contribution in [0.5, 0.6) is 11.5 Å². The van der Waals surface area contributed by atoms with Crippen molar-refractivity contribution in [1.29, 1.82) is 0 Å². The van der Waals surface area contributed by atoms with Crippen molar-refractivity contribution >= 4 is 0 Å². The van der Waals surface area contributed by atoms with E-state index in [4.69, 9.17) is 9.47 Å². The lowest BCUT2D eigenvalue weighted by molar-refractivity contribution is -0.941. The second kappa shape index (κ2) is 11.9. The summed E-state index contributed by atoms with van der Waals surface area (Å²) in [5.74, 6) is 1.87. The van der Waals surface area contributed by atoms with Crippen LogP contribution in [0.15, 0.2) is 54.6 Å². The molecule has 0 bridgehead atoms. The average molecular weight is 397 g/mol. The van der Waals surface area contributed by atoms with E-state index in [1.807, 2.05) is 24.3 Å². The second-order valence-electron chi connectivity index (χ2n) is 8.45. The smallest absolute Gasteiger partial charge is 0.137 e. The Morgan fingerprint density at radius 3 is 1.93 bits per heavy atom. The van der Waals surface area contributed by atoms with Gasteiger partial charge in [-0.2, -0.15) is 0 Å². The standard InChI is InChI=1S/C26H38NO2/c1-2-3-21-28-25-14-16-26(17-15-25)29-22-20-27(18-10-5-4-6-11-19-27)23-24-12-8-7-9-13-24/h7-9,12-17H,2-6,10-11,18-23H2,1H3/q+1. The Labute approximate surface area is 177 Å². The number of hydrogen-bond acceptors (Lipinski definition) is 2. The van der Waals surface area contributed by atoms with Gasteiger partial charge in [-0.3, -0.25) is 0 Å². The summed E-state index contributed by atoms with van der Waals surface area (Å²) in [7, 11) is 0. The Bertz CT molecular complexity index is 676. The minimum absolute atomic E-state index is 0.767. The van der Waals surface area contributed by atoms with Gasteiger partial charge in [-0.15, -0.1) is 0 Å².